The first kappa shape index (κ1) is 66.1. The van der Waals surface area contributed by atoms with Crippen LogP contribution in [0.25, 0.3) is 20.2 Å². The predicted molar refractivity (Wildman–Crippen MR) is 406 cm³/mol. The summed E-state index contributed by atoms with van der Waals surface area (Å²) in [6.45, 7) is -3.78. The number of rotatable bonds is 8. The molecule has 6 nitrogen and oxygen atoms in total. The molecule has 0 fully saturated rings. The fraction of sp³-hybridized carbons (Fsp3) is 0.0380. The van der Waals surface area contributed by atoms with E-state index in [0.29, 0.717) is 37.1 Å². The van der Waals surface area contributed by atoms with Gasteiger partial charge in [0.25, 0.3) is 20.1 Å². The molecular weight excluding hydrogens is 1490 g/mol. The van der Waals surface area contributed by atoms with Gasteiger partial charge in [0.1, 0.15) is 121 Å². The van der Waals surface area contributed by atoms with E-state index in [1.807, 2.05) is 0 Å². The Kier molecular flexibility index (Phi) is 14.7. The number of anilines is 15. The average Bonchev–Trinajstić information content (AvgIpc) is 1.55. The van der Waals surface area contributed by atoms with Crippen LogP contribution in [0.5, 0.6) is 11.5 Å². The van der Waals surface area contributed by atoms with Crippen molar-refractivity contribution in [1.82, 2.24) is 0 Å². The molecule has 20 rings (SSSR count). The fourth-order valence-electron chi connectivity index (χ4n) is 16.7. The van der Waals surface area contributed by atoms with Gasteiger partial charge in [0.2, 0.25) is 0 Å². The molecule has 2 aromatic heterocycles. The smallest absolute Gasteiger partial charge is 0.268 e. The monoisotopic (exact) mass is 1530 g/mol. The first-order chi connectivity index (χ1) is 51.7. The molecule has 0 radical (unpaired) electrons. The summed E-state index contributed by atoms with van der Waals surface area (Å²) in [5, 5.41) is -0.334. The molecule has 0 saturated carbocycles. The third-order valence-electron chi connectivity index (χ3n) is 20.8. The molecular formula is C79H38B3F14N5OS5. The van der Waals surface area contributed by atoms with E-state index in [4.69, 9.17) is 4.74 Å². The highest BCUT2D eigenvalue weighted by atomic mass is 32.2. The number of hydrogen-bond donors (Lipinski definition) is 0. The molecule has 8 heterocycles. The van der Waals surface area contributed by atoms with Crippen molar-refractivity contribution in [2.45, 2.75) is 14.7 Å². The van der Waals surface area contributed by atoms with Crippen molar-refractivity contribution >= 4 is 231 Å². The highest BCUT2D eigenvalue weighted by Crippen LogP contribution is 2.56. The molecule has 522 valence electrons. The number of nitrogens with zero attached hydrogens (tertiary/aromatic N) is 5. The van der Waals surface area contributed by atoms with E-state index in [0.717, 1.165) is 143 Å². The standard InChI is InChI=1S/C79H38B3F14N5OS5/c1-103-35-23-58-68-59(24-35)98(72-44(87)11-5-12-45(72)88)55-32-57-41(82-70-62(100(57)74-48(91)15-7-16-49(74)92)27-37(105-3)28-63(70)102-77-67-53(96)20-34(84)22-65(67)107-79(77)82)30-39(55)80(68)38-29-40-56(31-54(38)97(58)71-42(85)9-4-10-43(71)86)99(73-46(89)13-6-14-47(73)90)60-25-36(104-2)26-61-69(60)81(40)78-76(66-52(95)19-33(83)21-64(66)106-78)101(61)75-50(93)17-8-18-51(75)94/h4-32H,1-3H3. The summed E-state index contributed by atoms with van der Waals surface area (Å²) in [5.74, 6) is -14.9. The molecule has 6 aliphatic rings. The van der Waals surface area contributed by atoms with E-state index in [-0.39, 0.29) is 126 Å². The molecule has 0 spiro atoms. The fourth-order valence-corrected chi connectivity index (χ4v) is 20.8. The van der Waals surface area contributed by atoms with Gasteiger partial charge in [0, 0.05) is 97.0 Å². The van der Waals surface area contributed by atoms with E-state index >= 15 is 61.5 Å². The molecule has 0 unspecified atom stereocenters. The summed E-state index contributed by atoms with van der Waals surface area (Å²) in [7, 11) is 0. The zero-order valence-corrected chi connectivity index (χ0v) is 59.0. The number of halogens is 14. The van der Waals surface area contributed by atoms with E-state index in [1.165, 1.54) is 54.5 Å². The molecule has 12 aromatic carbocycles. The van der Waals surface area contributed by atoms with Crippen LogP contribution < -0.4 is 77.0 Å². The van der Waals surface area contributed by atoms with Crippen LogP contribution in [0.1, 0.15) is 0 Å². The second kappa shape index (κ2) is 23.8. The maximum atomic E-state index is 17.8. The number of thioether (sulfide) groups is 3. The molecule has 6 aliphatic heterocycles. The third kappa shape index (κ3) is 9.21. The van der Waals surface area contributed by atoms with Gasteiger partial charge in [-0.15, -0.1) is 58.0 Å². The normalized spacial score (nSPS) is 13.9. The molecule has 0 bridgehead atoms. The summed E-state index contributed by atoms with van der Waals surface area (Å²) in [6.07, 6.45) is 5.14. The average molecular weight is 1530 g/mol. The lowest BCUT2D eigenvalue weighted by molar-refractivity contribution is 0.490. The van der Waals surface area contributed by atoms with Crippen LogP contribution in [0.4, 0.5) is 147 Å². The molecule has 0 aliphatic carbocycles. The van der Waals surface area contributed by atoms with Gasteiger partial charge >= 0.3 is 0 Å². The summed E-state index contributed by atoms with van der Waals surface area (Å²) in [6, 6.07) is 35.7. The first-order valence-corrected chi connectivity index (χ1v) is 38.3. The van der Waals surface area contributed by atoms with Gasteiger partial charge in [0.15, 0.2) is 0 Å². The quantitative estimate of drug-likeness (QED) is 0.0837. The molecule has 14 aromatic rings. The van der Waals surface area contributed by atoms with E-state index in [2.05, 4.69) is 0 Å². The lowest BCUT2D eigenvalue weighted by atomic mass is 9.30. The maximum absolute atomic E-state index is 17.8. The summed E-state index contributed by atoms with van der Waals surface area (Å²) in [5.41, 5.74) is -2.19. The summed E-state index contributed by atoms with van der Waals surface area (Å²) in [4.78, 5) is 7.58. The largest absolute Gasteiger partial charge is 0.457 e. The van der Waals surface area contributed by atoms with Gasteiger partial charge < -0.3 is 29.2 Å². The lowest BCUT2D eigenvalue weighted by Gasteiger charge is -2.47. The van der Waals surface area contributed by atoms with Crippen LogP contribution in [0, 0.1) is 81.4 Å². The number of ether oxygens (including phenoxy) is 1. The Balaban J connectivity index is 0.972. The van der Waals surface area contributed by atoms with E-state index in [9.17, 15) is 0 Å². The highest BCUT2D eigenvalue weighted by molar-refractivity contribution is 7.99. The Labute approximate surface area is 620 Å². The number of fused-ring (bicyclic) bond motifs is 16. The molecule has 0 amide bonds. The van der Waals surface area contributed by atoms with Crippen molar-refractivity contribution in [2.75, 3.05) is 43.3 Å². The Morgan fingerprint density at radius 2 is 0.598 bits per heavy atom. The van der Waals surface area contributed by atoms with Crippen LogP contribution in [0.15, 0.2) is 191 Å². The van der Waals surface area contributed by atoms with Crippen molar-refractivity contribution in [3.05, 3.63) is 257 Å². The van der Waals surface area contributed by atoms with Crippen LogP contribution in [-0.2, 0) is 0 Å². The van der Waals surface area contributed by atoms with Gasteiger partial charge in [-0.25, -0.2) is 61.5 Å². The van der Waals surface area contributed by atoms with Crippen molar-refractivity contribution in [3.8, 4) is 11.5 Å². The van der Waals surface area contributed by atoms with E-state index < -0.39 is 130 Å². The van der Waals surface area contributed by atoms with Gasteiger partial charge in [-0.3, -0.25) is 0 Å². The van der Waals surface area contributed by atoms with Crippen molar-refractivity contribution < 1.29 is 66.2 Å². The minimum Gasteiger partial charge on any atom is -0.457 e. The van der Waals surface area contributed by atoms with E-state index in [1.54, 1.807) is 67.3 Å². The topological polar surface area (TPSA) is 25.4 Å². The van der Waals surface area contributed by atoms with Gasteiger partial charge in [0.05, 0.1) is 16.5 Å². The minimum atomic E-state index is -1.36. The maximum Gasteiger partial charge on any atom is 0.268 e. The van der Waals surface area contributed by atoms with Crippen LogP contribution in [0.3, 0.4) is 0 Å². The zero-order chi connectivity index (χ0) is 73.5. The Hall–Kier alpha value is -10.4. The first-order valence-electron chi connectivity index (χ1n) is 33.0. The van der Waals surface area contributed by atoms with Crippen molar-refractivity contribution in [2.24, 2.45) is 0 Å². The Morgan fingerprint density at radius 3 is 0.991 bits per heavy atom. The minimum absolute atomic E-state index is 0.00460. The van der Waals surface area contributed by atoms with Gasteiger partial charge in [-0.05, 0) is 178 Å². The molecule has 0 atom stereocenters. The molecule has 0 N–H and O–H groups in total. The van der Waals surface area contributed by atoms with Crippen molar-refractivity contribution in [1.29, 1.82) is 0 Å². The predicted octanol–water partition coefficient (Wildman–Crippen LogP) is 18.8. The summed E-state index contributed by atoms with van der Waals surface area (Å²) >= 11 is 5.40. The van der Waals surface area contributed by atoms with Gasteiger partial charge in [-0.1, -0.05) is 42.5 Å². The highest BCUT2D eigenvalue weighted by Gasteiger charge is 2.54. The van der Waals surface area contributed by atoms with Crippen molar-refractivity contribution in [3.63, 3.8) is 0 Å². The van der Waals surface area contributed by atoms with Crippen LogP contribution in [-0.4, -0.2) is 38.9 Å². The number of benzene rings is 12. The lowest BCUT2D eigenvalue weighted by Crippen LogP contribution is -2.66. The van der Waals surface area contributed by atoms with Gasteiger partial charge in [-0.2, -0.15) is 0 Å². The second-order valence-corrected chi connectivity index (χ2v) is 31.0. The van der Waals surface area contributed by atoms with Crippen LogP contribution >= 0.6 is 58.0 Å². The Morgan fingerprint density at radius 1 is 0.290 bits per heavy atom. The molecule has 107 heavy (non-hydrogen) atoms. The number of hydrogen-bond acceptors (Lipinski definition) is 11. The zero-order valence-electron chi connectivity index (χ0n) is 55.0. The SMILES string of the molecule is CSc1cc2c3c(c1)N(c1c(F)cccc1F)c1cc4c(cc1B3c1sc3cc(F)cc(F)c3c1O2)B1c2cc3c(cc2N(c2c(F)cccc2F)c2cc(SC)cc(c21)N4c1c(F)cccc1F)N(c1c(F)cccc1F)c1cc(SC)cc2c1B3c1sc3cc(F)cc(F)c3c1N2c1c(F)cccc1F. The Bertz CT molecular complexity index is 6290. The number of thiophene rings is 2. The number of para-hydroxylation sites is 5. The second-order valence-electron chi connectivity index (χ2n) is 26.2. The molecule has 0 saturated heterocycles. The summed E-state index contributed by atoms with van der Waals surface area (Å²) < 4.78 is 248. The van der Waals surface area contributed by atoms with Crippen LogP contribution in [0.2, 0.25) is 0 Å². The molecule has 28 heteroatoms. The third-order valence-corrected chi connectivity index (χ3v) is 25.3.